The Morgan fingerprint density at radius 2 is 1.73 bits per heavy atom. The van der Waals surface area contributed by atoms with E-state index in [0.717, 1.165) is 32.0 Å². The molecule has 1 aliphatic rings. The Hall–Kier alpha value is -2.32. The fraction of sp³-hybridized carbons (Fsp3) is 0.636. The number of nitrogens with zero attached hydrogens (tertiary/aromatic N) is 1. The van der Waals surface area contributed by atoms with E-state index in [2.05, 4.69) is 22.5 Å². The number of allylic oxidation sites excluding steroid dienone is 1. The summed E-state index contributed by atoms with van der Waals surface area (Å²) in [6.07, 6.45) is 9.46. The van der Waals surface area contributed by atoms with Gasteiger partial charge in [-0.05, 0) is 46.2 Å². The number of likely N-dealkylation sites (N-methyl/N-ethyl adjacent to an activating group) is 3. The highest BCUT2D eigenvalue weighted by atomic mass is 16.2. The smallest absolute Gasteiger partial charge is 0.253 e. The van der Waals surface area contributed by atoms with Crippen molar-refractivity contribution in [2.75, 3.05) is 33.7 Å². The van der Waals surface area contributed by atoms with Gasteiger partial charge in [-0.1, -0.05) is 26.3 Å². The topological polar surface area (TPSA) is 108 Å². The van der Waals surface area contributed by atoms with Crippen molar-refractivity contribution in [3.63, 3.8) is 0 Å². The van der Waals surface area contributed by atoms with Crippen LogP contribution in [-0.2, 0) is 19.2 Å². The number of hydrogen-bond acceptors (Lipinski definition) is 6. The van der Waals surface area contributed by atoms with Gasteiger partial charge in [0, 0.05) is 25.2 Å². The van der Waals surface area contributed by atoms with Crippen LogP contribution in [-0.4, -0.2) is 68.7 Å². The average molecular weight is 425 g/mol. The van der Waals surface area contributed by atoms with E-state index >= 15 is 0 Å². The second-order valence-corrected chi connectivity index (χ2v) is 6.98. The Morgan fingerprint density at radius 1 is 1.13 bits per heavy atom. The summed E-state index contributed by atoms with van der Waals surface area (Å²) < 4.78 is 0. The number of nitrogens with one attached hydrogen (secondary N) is 3. The van der Waals surface area contributed by atoms with Crippen LogP contribution in [0.3, 0.4) is 0 Å². The van der Waals surface area contributed by atoms with Crippen molar-refractivity contribution in [2.45, 2.75) is 52.5 Å². The van der Waals surface area contributed by atoms with Crippen LogP contribution in [0.25, 0.3) is 0 Å². The zero-order valence-corrected chi connectivity index (χ0v) is 19.2. The standard InChI is InChI=1S/C11H15NO2.C6H13NO.C5H12N2O/c1-2-3-4-5-6-9-12-10(13)7-8-11(12)14;1-5(2)6(4-8)7-3;1-3-7-5(8)4-6-2/h2,7-8H,1,3-6,9H2;4-7H,1-3H3;6H,3-4H2,1-2H3,(H,7,8). The molecule has 0 saturated carbocycles. The molecule has 8 heteroatoms. The lowest BCUT2D eigenvalue weighted by atomic mass is 10.1. The molecular weight excluding hydrogens is 384 g/mol. The molecule has 3 amide bonds. The van der Waals surface area contributed by atoms with Gasteiger partial charge in [-0.3, -0.25) is 19.3 Å². The number of carbonyl (C=O) groups is 4. The number of hydrogen-bond donors (Lipinski definition) is 3. The summed E-state index contributed by atoms with van der Waals surface area (Å²) in [5, 5.41) is 8.27. The Morgan fingerprint density at radius 3 is 2.10 bits per heavy atom. The second kappa shape index (κ2) is 20.0. The number of unbranched alkanes of at least 4 members (excludes halogenated alkanes) is 3. The van der Waals surface area contributed by atoms with E-state index < -0.39 is 0 Å². The fourth-order valence-corrected chi connectivity index (χ4v) is 2.37. The highest BCUT2D eigenvalue weighted by molar-refractivity contribution is 6.12. The number of carbonyl (C=O) groups excluding carboxylic acids is 4. The minimum Gasteiger partial charge on any atom is -0.355 e. The number of amides is 3. The molecule has 0 aromatic carbocycles. The van der Waals surface area contributed by atoms with Crippen molar-refractivity contribution >= 4 is 24.0 Å². The van der Waals surface area contributed by atoms with E-state index in [-0.39, 0.29) is 23.8 Å². The van der Waals surface area contributed by atoms with Gasteiger partial charge in [-0.2, -0.15) is 0 Å². The second-order valence-electron chi connectivity index (χ2n) is 6.98. The fourth-order valence-electron chi connectivity index (χ4n) is 2.37. The minimum absolute atomic E-state index is 0.0231. The first kappa shape index (κ1) is 29.9. The summed E-state index contributed by atoms with van der Waals surface area (Å²) in [7, 11) is 3.54. The van der Waals surface area contributed by atoms with E-state index in [1.54, 1.807) is 14.1 Å². The molecule has 0 radical (unpaired) electrons. The van der Waals surface area contributed by atoms with Crippen molar-refractivity contribution in [1.29, 1.82) is 0 Å². The summed E-state index contributed by atoms with van der Waals surface area (Å²) in [4.78, 5) is 44.1. The molecule has 1 aliphatic heterocycles. The summed E-state index contributed by atoms with van der Waals surface area (Å²) >= 11 is 0. The molecule has 0 fully saturated rings. The molecule has 0 aromatic rings. The largest absolute Gasteiger partial charge is 0.355 e. The molecule has 1 unspecified atom stereocenters. The van der Waals surface area contributed by atoms with Gasteiger partial charge in [-0.25, -0.2) is 0 Å². The molecular formula is C22H40N4O4. The van der Waals surface area contributed by atoms with E-state index in [4.69, 9.17) is 0 Å². The Balaban J connectivity index is 0. The molecule has 0 aromatic heterocycles. The molecule has 1 rings (SSSR count). The summed E-state index contributed by atoms with van der Waals surface area (Å²) in [5.74, 6) is 0.0879. The third kappa shape index (κ3) is 15.6. The minimum atomic E-state index is -0.182. The maximum atomic E-state index is 11.1. The molecule has 3 N–H and O–H groups in total. The quantitative estimate of drug-likeness (QED) is 0.189. The lowest BCUT2D eigenvalue weighted by Crippen LogP contribution is -2.31. The Bertz CT molecular complexity index is 521. The third-order valence-corrected chi connectivity index (χ3v) is 4.10. The van der Waals surface area contributed by atoms with Crippen LogP contribution in [0, 0.1) is 5.92 Å². The summed E-state index contributed by atoms with van der Waals surface area (Å²) in [6.45, 7) is 11.2. The lowest BCUT2D eigenvalue weighted by molar-refractivity contribution is -0.136. The maximum absolute atomic E-state index is 11.1. The zero-order chi connectivity index (χ0) is 23.4. The molecule has 1 heterocycles. The molecule has 0 saturated heterocycles. The van der Waals surface area contributed by atoms with Crippen molar-refractivity contribution < 1.29 is 19.2 Å². The normalized spacial score (nSPS) is 13.2. The van der Waals surface area contributed by atoms with E-state index in [1.165, 1.54) is 17.1 Å². The molecule has 30 heavy (non-hydrogen) atoms. The predicted molar refractivity (Wildman–Crippen MR) is 121 cm³/mol. The predicted octanol–water partition coefficient (Wildman–Crippen LogP) is 1.43. The van der Waals surface area contributed by atoms with Crippen LogP contribution in [0.1, 0.15) is 46.5 Å². The Kier molecular flexibility index (Phi) is 19.9. The number of imide groups is 1. The van der Waals surface area contributed by atoms with Crippen LogP contribution in [0.4, 0.5) is 0 Å². The van der Waals surface area contributed by atoms with Gasteiger partial charge in [0.15, 0.2) is 0 Å². The van der Waals surface area contributed by atoms with Gasteiger partial charge in [0.05, 0.1) is 12.6 Å². The monoisotopic (exact) mass is 424 g/mol. The van der Waals surface area contributed by atoms with Gasteiger partial charge >= 0.3 is 0 Å². The van der Waals surface area contributed by atoms with E-state index in [1.807, 2.05) is 26.8 Å². The Labute approximate surface area is 181 Å². The van der Waals surface area contributed by atoms with Crippen LogP contribution in [0.2, 0.25) is 0 Å². The molecule has 0 bridgehead atoms. The third-order valence-electron chi connectivity index (χ3n) is 4.10. The molecule has 8 nitrogen and oxygen atoms in total. The molecule has 0 spiro atoms. The first-order chi connectivity index (χ1) is 14.3. The van der Waals surface area contributed by atoms with Gasteiger partial charge in [0.25, 0.3) is 11.8 Å². The van der Waals surface area contributed by atoms with Gasteiger partial charge in [-0.15, -0.1) is 6.58 Å². The first-order valence-electron chi connectivity index (χ1n) is 10.5. The molecule has 172 valence electrons. The molecule has 0 aliphatic carbocycles. The van der Waals surface area contributed by atoms with Gasteiger partial charge in [0.2, 0.25) is 5.91 Å². The summed E-state index contributed by atoms with van der Waals surface area (Å²) in [5.41, 5.74) is 0. The SMILES string of the molecule is C=CCCCCCN1C(=O)C=CC1=O.CCNC(=O)CNC.CNC(C=O)C(C)C. The zero-order valence-electron chi connectivity index (χ0n) is 19.2. The van der Waals surface area contributed by atoms with E-state index in [0.29, 0.717) is 25.6 Å². The average Bonchev–Trinajstić information content (AvgIpc) is 3.02. The van der Waals surface area contributed by atoms with Crippen molar-refractivity contribution in [1.82, 2.24) is 20.9 Å². The van der Waals surface area contributed by atoms with Crippen LogP contribution >= 0.6 is 0 Å². The van der Waals surface area contributed by atoms with Crippen LogP contribution in [0.15, 0.2) is 24.8 Å². The highest BCUT2D eigenvalue weighted by Crippen LogP contribution is 2.07. The van der Waals surface area contributed by atoms with Crippen molar-refractivity contribution in [2.24, 2.45) is 5.92 Å². The van der Waals surface area contributed by atoms with Crippen molar-refractivity contribution in [3.8, 4) is 0 Å². The molecule has 1 atom stereocenters. The first-order valence-corrected chi connectivity index (χ1v) is 10.5. The summed E-state index contributed by atoms with van der Waals surface area (Å²) in [6, 6.07) is 0.0231. The van der Waals surface area contributed by atoms with Crippen LogP contribution < -0.4 is 16.0 Å². The highest BCUT2D eigenvalue weighted by Gasteiger charge is 2.21. The van der Waals surface area contributed by atoms with Crippen molar-refractivity contribution in [3.05, 3.63) is 24.8 Å². The van der Waals surface area contributed by atoms with E-state index in [9.17, 15) is 19.2 Å². The lowest BCUT2D eigenvalue weighted by Gasteiger charge is -2.12. The number of rotatable bonds is 12. The number of aldehydes is 1. The van der Waals surface area contributed by atoms with Gasteiger partial charge in [0.1, 0.15) is 6.29 Å². The van der Waals surface area contributed by atoms with Crippen LogP contribution in [0.5, 0.6) is 0 Å². The van der Waals surface area contributed by atoms with Gasteiger partial charge < -0.3 is 20.7 Å². The maximum Gasteiger partial charge on any atom is 0.253 e.